The van der Waals surface area contributed by atoms with Crippen molar-refractivity contribution in [3.63, 3.8) is 0 Å². The van der Waals surface area contributed by atoms with Crippen molar-refractivity contribution in [2.75, 3.05) is 17.4 Å². The quantitative estimate of drug-likeness (QED) is 0.571. The number of nitrogens with one attached hydrogen (secondary N) is 1. The SMILES string of the molecule is C=NN(C(=C)C)c1nnc(NC(=O)c2cc(Br)c(OC)c(=O)o2)s1. The van der Waals surface area contributed by atoms with Gasteiger partial charge in [-0.05, 0) is 22.9 Å². The van der Waals surface area contributed by atoms with E-state index in [4.69, 9.17) is 9.15 Å². The van der Waals surface area contributed by atoms with E-state index in [0.717, 1.165) is 11.3 Å². The summed E-state index contributed by atoms with van der Waals surface area (Å²) >= 11 is 4.19. The molecule has 0 aromatic carbocycles. The summed E-state index contributed by atoms with van der Waals surface area (Å²) in [7, 11) is 1.32. The minimum Gasteiger partial charge on any atom is -0.489 e. The predicted octanol–water partition coefficient (Wildman–Crippen LogP) is 2.47. The van der Waals surface area contributed by atoms with Crippen LogP contribution in [0.15, 0.2) is 37.1 Å². The van der Waals surface area contributed by atoms with Gasteiger partial charge in [0.05, 0.1) is 11.6 Å². The van der Waals surface area contributed by atoms with E-state index in [0.29, 0.717) is 15.3 Å². The van der Waals surface area contributed by atoms with Crippen LogP contribution in [0.3, 0.4) is 0 Å². The monoisotopic (exact) mass is 413 g/mol. The van der Waals surface area contributed by atoms with E-state index in [1.165, 1.54) is 18.2 Å². The Balaban J connectivity index is 2.22. The van der Waals surface area contributed by atoms with Crippen LogP contribution in [-0.4, -0.2) is 29.9 Å². The fraction of sp³-hybridized carbons (Fsp3) is 0.154. The molecule has 0 saturated carbocycles. The van der Waals surface area contributed by atoms with E-state index in [1.54, 1.807) is 6.92 Å². The van der Waals surface area contributed by atoms with Crippen LogP contribution in [0.5, 0.6) is 5.75 Å². The first-order chi connectivity index (χ1) is 11.4. The number of rotatable bonds is 6. The summed E-state index contributed by atoms with van der Waals surface area (Å²) in [6.07, 6.45) is 0. The first-order valence-electron chi connectivity index (χ1n) is 6.32. The molecule has 0 bridgehead atoms. The minimum absolute atomic E-state index is 0.0288. The number of ether oxygens (including phenoxy) is 1. The zero-order chi connectivity index (χ0) is 17.9. The number of hydrazone groups is 1. The highest BCUT2D eigenvalue weighted by Crippen LogP contribution is 2.27. The Hall–Kier alpha value is -2.53. The molecule has 0 aliphatic carbocycles. The highest BCUT2D eigenvalue weighted by Gasteiger charge is 2.18. The number of nitrogens with zero attached hydrogens (tertiary/aromatic N) is 4. The first kappa shape index (κ1) is 17.8. The summed E-state index contributed by atoms with van der Waals surface area (Å²) in [6, 6.07) is 1.32. The van der Waals surface area contributed by atoms with Crippen molar-refractivity contribution in [2.45, 2.75) is 6.92 Å². The Morgan fingerprint density at radius 3 is 2.79 bits per heavy atom. The topological polar surface area (TPSA) is 110 Å². The lowest BCUT2D eigenvalue weighted by Gasteiger charge is -2.12. The second-order valence-electron chi connectivity index (χ2n) is 4.31. The van der Waals surface area contributed by atoms with Crippen LogP contribution in [0.4, 0.5) is 10.3 Å². The number of aromatic nitrogens is 2. The minimum atomic E-state index is -0.778. The lowest BCUT2D eigenvalue weighted by molar-refractivity contribution is 0.0991. The van der Waals surface area contributed by atoms with Crippen molar-refractivity contribution in [3.8, 4) is 5.75 Å². The Morgan fingerprint density at radius 2 is 2.25 bits per heavy atom. The number of hydrogen-bond acceptors (Lipinski definition) is 9. The van der Waals surface area contributed by atoms with Crippen LogP contribution in [0.2, 0.25) is 0 Å². The van der Waals surface area contributed by atoms with Gasteiger partial charge in [0.15, 0.2) is 5.76 Å². The zero-order valence-electron chi connectivity index (χ0n) is 12.7. The lowest BCUT2D eigenvalue weighted by Crippen LogP contribution is -2.15. The van der Waals surface area contributed by atoms with Crippen LogP contribution in [0.1, 0.15) is 17.5 Å². The van der Waals surface area contributed by atoms with Gasteiger partial charge in [-0.15, -0.1) is 10.2 Å². The van der Waals surface area contributed by atoms with Crippen molar-refractivity contribution >= 4 is 50.2 Å². The molecule has 1 amide bonds. The number of halogens is 1. The van der Waals surface area contributed by atoms with Crippen LogP contribution >= 0.6 is 27.3 Å². The van der Waals surface area contributed by atoms with Gasteiger partial charge in [0.2, 0.25) is 16.0 Å². The molecule has 0 saturated heterocycles. The third-order valence-electron chi connectivity index (χ3n) is 2.61. The molecule has 2 heterocycles. The van der Waals surface area contributed by atoms with Gasteiger partial charge < -0.3 is 9.15 Å². The smallest absolute Gasteiger partial charge is 0.380 e. The number of methoxy groups -OCH3 is 1. The first-order valence-corrected chi connectivity index (χ1v) is 7.93. The third-order valence-corrected chi connectivity index (χ3v) is 4.01. The second-order valence-corrected chi connectivity index (χ2v) is 6.12. The second kappa shape index (κ2) is 7.36. The van der Waals surface area contributed by atoms with Crippen molar-refractivity contribution < 1.29 is 13.9 Å². The summed E-state index contributed by atoms with van der Waals surface area (Å²) in [4.78, 5) is 23.9. The van der Waals surface area contributed by atoms with Gasteiger partial charge in [-0.3, -0.25) is 10.1 Å². The molecule has 0 atom stereocenters. The number of carbonyl (C=O) groups is 1. The average molecular weight is 414 g/mol. The number of amides is 1. The molecule has 2 rings (SSSR count). The lowest BCUT2D eigenvalue weighted by atomic mass is 10.3. The molecule has 24 heavy (non-hydrogen) atoms. The van der Waals surface area contributed by atoms with E-state index in [1.807, 2.05) is 0 Å². The van der Waals surface area contributed by atoms with Crippen LogP contribution in [-0.2, 0) is 0 Å². The van der Waals surface area contributed by atoms with Crippen LogP contribution in [0.25, 0.3) is 0 Å². The summed E-state index contributed by atoms with van der Waals surface area (Å²) < 4.78 is 10.1. The average Bonchev–Trinajstić information content (AvgIpc) is 2.95. The molecule has 0 radical (unpaired) electrons. The molecule has 0 aliphatic rings. The summed E-state index contributed by atoms with van der Waals surface area (Å²) in [5.74, 6) is -0.895. The number of carbonyl (C=O) groups excluding carboxylic acids is 1. The van der Waals surface area contributed by atoms with Gasteiger partial charge in [0.25, 0.3) is 5.91 Å². The fourth-order valence-electron chi connectivity index (χ4n) is 1.60. The zero-order valence-corrected chi connectivity index (χ0v) is 15.1. The molecular weight excluding hydrogens is 402 g/mol. The Labute approximate surface area is 148 Å². The molecule has 0 unspecified atom stereocenters. The summed E-state index contributed by atoms with van der Waals surface area (Å²) in [6.45, 7) is 8.87. The van der Waals surface area contributed by atoms with Gasteiger partial charge >= 0.3 is 5.63 Å². The van der Waals surface area contributed by atoms with Crippen LogP contribution in [0, 0.1) is 0 Å². The number of hydrogen-bond donors (Lipinski definition) is 1. The largest absolute Gasteiger partial charge is 0.489 e. The van der Waals surface area contributed by atoms with E-state index in [-0.39, 0.29) is 16.6 Å². The third kappa shape index (κ3) is 3.68. The van der Waals surface area contributed by atoms with Gasteiger partial charge in [-0.2, -0.15) is 5.10 Å². The Kier molecular flexibility index (Phi) is 5.46. The molecule has 2 aromatic rings. The fourth-order valence-corrected chi connectivity index (χ4v) is 2.91. The van der Waals surface area contributed by atoms with Crippen LogP contribution < -0.4 is 20.7 Å². The summed E-state index contributed by atoms with van der Waals surface area (Å²) in [5, 5.41) is 15.9. The van der Waals surface area contributed by atoms with Gasteiger partial charge in [0, 0.05) is 18.5 Å². The van der Waals surface area contributed by atoms with Crippen molar-refractivity contribution in [1.82, 2.24) is 10.2 Å². The normalized spacial score (nSPS) is 10.1. The van der Waals surface area contributed by atoms with Gasteiger partial charge in [-0.25, -0.2) is 9.80 Å². The molecule has 11 heteroatoms. The van der Waals surface area contributed by atoms with Gasteiger partial charge in [0.1, 0.15) is 0 Å². The molecule has 1 N–H and O–H groups in total. The van der Waals surface area contributed by atoms with E-state index < -0.39 is 11.5 Å². The predicted molar refractivity (Wildman–Crippen MR) is 93.9 cm³/mol. The molecule has 9 nitrogen and oxygen atoms in total. The Morgan fingerprint density at radius 1 is 1.54 bits per heavy atom. The van der Waals surface area contributed by atoms with E-state index >= 15 is 0 Å². The van der Waals surface area contributed by atoms with Crippen molar-refractivity contribution in [3.05, 3.63) is 39.0 Å². The highest BCUT2D eigenvalue weighted by molar-refractivity contribution is 9.10. The van der Waals surface area contributed by atoms with E-state index in [2.05, 4.69) is 49.8 Å². The Bertz CT molecular complexity index is 862. The highest BCUT2D eigenvalue weighted by atomic mass is 79.9. The maximum atomic E-state index is 12.2. The number of allylic oxidation sites excluding steroid dienone is 1. The molecular formula is C13H12BrN5O4S. The summed E-state index contributed by atoms with van der Waals surface area (Å²) in [5.41, 5.74) is -0.191. The van der Waals surface area contributed by atoms with E-state index in [9.17, 15) is 9.59 Å². The maximum Gasteiger partial charge on any atom is 0.380 e. The molecule has 2 aromatic heterocycles. The maximum absolute atomic E-state index is 12.2. The molecule has 0 aliphatic heterocycles. The molecule has 126 valence electrons. The standard InChI is InChI=1S/C13H12BrN5O4S/c1-6(2)19(15-3)13-18-17-12(24-13)16-10(20)8-5-7(14)9(22-4)11(21)23-8/h5H,1,3H2,2,4H3,(H,16,17,20). The van der Waals surface area contributed by atoms with Crippen molar-refractivity contribution in [1.29, 1.82) is 0 Å². The number of anilines is 2. The molecule has 0 spiro atoms. The van der Waals surface area contributed by atoms with Gasteiger partial charge in [-0.1, -0.05) is 17.9 Å². The van der Waals surface area contributed by atoms with Crippen molar-refractivity contribution in [2.24, 2.45) is 5.10 Å². The molecule has 0 fully saturated rings.